The predicted molar refractivity (Wildman–Crippen MR) is 158 cm³/mol. The number of carbonyl (C=O) groups is 1. The average molecular weight is 623 g/mol. The Kier molecular flexibility index (Phi) is 14.2. The Bertz CT molecular complexity index is 1580. The van der Waals surface area contributed by atoms with Gasteiger partial charge in [-0.3, -0.25) is 9.69 Å². The highest BCUT2D eigenvalue weighted by atomic mass is 32.2. The van der Waals surface area contributed by atoms with E-state index in [2.05, 4.69) is 4.18 Å². The molecular formula is C30H31BF5NO5S. The maximum atomic E-state index is 14.0. The topological polar surface area (TPSA) is 72.9 Å². The molecule has 2 radical (unpaired) electrons. The maximum Gasteiger partial charge on any atom is 0.339 e. The van der Waals surface area contributed by atoms with Gasteiger partial charge in [-0.15, -0.1) is 0 Å². The number of methoxy groups -OCH3 is 1. The standard InChI is InChI=1S/C24H17BF5NO5S.C4H8.C2H6/c1-4-5-13-9-14(37(33,34)36-24-22(29)20(27)19(26)21(28)23(24)30)6-7-16(13)31(11-32)17-8-12(2)15(25)10-18(17)35-3;1-3-4-2;1-2/h4-11H,1-3H3;3-4H,1-2H3;1-2H3/b5-4-;4-3-;. The van der Waals surface area contributed by atoms with Crippen molar-refractivity contribution in [3.63, 3.8) is 0 Å². The first-order chi connectivity index (χ1) is 20.3. The van der Waals surface area contributed by atoms with Crippen molar-refractivity contribution in [3.8, 4) is 11.5 Å². The van der Waals surface area contributed by atoms with Crippen LogP contribution in [0.3, 0.4) is 0 Å². The van der Waals surface area contributed by atoms with E-state index in [-0.39, 0.29) is 22.7 Å². The van der Waals surface area contributed by atoms with Crippen molar-refractivity contribution in [2.45, 2.75) is 46.4 Å². The third kappa shape index (κ3) is 8.47. The molecule has 0 aliphatic rings. The normalized spacial score (nSPS) is 11.0. The van der Waals surface area contributed by atoms with Gasteiger partial charge in [0.1, 0.15) is 18.5 Å². The first-order valence-electron chi connectivity index (χ1n) is 12.8. The van der Waals surface area contributed by atoms with Gasteiger partial charge in [0.05, 0.1) is 18.5 Å². The zero-order chi connectivity index (χ0) is 33.1. The van der Waals surface area contributed by atoms with Crippen molar-refractivity contribution in [2.75, 3.05) is 12.0 Å². The van der Waals surface area contributed by atoms with E-state index in [9.17, 15) is 35.2 Å². The number of ether oxygens (including phenoxy) is 1. The van der Waals surface area contributed by atoms with E-state index in [0.29, 0.717) is 17.4 Å². The zero-order valence-corrected chi connectivity index (χ0v) is 25.5. The van der Waals surface area contributed by atoms with Crippen LogP contribution >= 0.6 is 0 Å². The molecule has 43 heavy (non-hydrogen) atoms. The summed E-state index contributed by atoms with van der Waals surface area (Å²) in [7, 11) is 2.16. The van der Waals surface area contributed by atoms with Gasteiger partial charge in [0.15, 0.2) is 0 Å². The van der Waals surface area contributed by atoms with Gasteiger partial charge in [-0.25, -0.2) is 13.2 Å². The number of hydrogen-bond acceptors (Lipinski definition) is 5. The number of carbonyl (C=O) groups excluding carboxylic acids is 1. The Balaban J connectivity index is 0.00000142. The van der Waals surface area contributed by atoms with Crippen molar-refractivity contribution in [1.82, 2.24) is 0 Å². The van der Waals surface area contributed by atoms with Crippen LogP contribution in [0, 0.1) is 36.0 Å². The number of rotatable bonds is 8. The zero-order valence-electron chi connectivity index (χ0n) is 24.6. The molecule has 0 spiro atoms. The number of nitrogens with zero attached hydrogens (tertiary/aromatic N) is 1. The van der Waals surface area contributed by atoms with E-state index in [1.54, 1.807) is 19.9 Å². The largest absolute Gasteiger partial charge is 0.495 e. The smallest absolute Gasteiger partial charge is 0.339 e. The molecule has 0 aliphatic carbocycles. The summed E-state index contributed by atoms with van der Waals surface area (Å²) in [6, 6.07) is 6.16. The van der Waals surface area contributed by atoms with E-state index in [1.165, 1.54) is 31.4 Å². The van der Waals surface area contributed by atoms with E-state index in [1.807, 2.05) is 39.8 Å². The summed E-state index contributed by atoms with van der Waals surface area (Å²) in [5.74, 6) is -13.9. The van der Waals surface area contributed by atoms with Crippen LogP contribution in [-0.4, -0.2) is 29.8 Å². The van der Waals surface area contributed by atoms with Gasteiger partial charge in [0.2, 0.25) is 41.2 Å². The predicted octanol–water partition coefficient (Wildman–Crippen LogP) is 7.20. The molecule has 0 fully saturated rings. The number of halogens is 5. The molecule has 6 nitrogen and oxygen atoms in total. The van der Waals surface area contributed by atoms with Gasteiger partial charge in [-0.2, -0.15) is 17.2 Å². The fourth-order valence-corrected chi connectivity index (χ4v) is 4.29. The SMILES string of the molecule is C/C=C\C.CC.[B]c1cc(OC)c(N(C=O)c2ccc(S(=O)(=O)Oc3c(F)c(F)c(F)c(F)c3F)cc2/C=C\C)cc1C. The summed E-state index contributed by atoms with van der Waals surface area (Å²) in [5, 5.41) is 0. The Morgan fingerprint density at radius 1 is 0.814 bits per heavy atom. The van der Waals surface area contributed by atoms with E-state index in [4.69, 9.17) is 12.6 Å². The summed E-state index contributed by atoms with van der Waals surface area (Å²) in [4.78, 5) is 12.5. The molecule has 0 atom stereocenters. The van der Waals surface area contributed by atoms with Crippen molar-refractivity contribution in [3.05, 3.63) is 88.8 Å². The van der Waals surface area contributed by atoms with E-state index >= 15 is 0 Å². The number of anilines is 2. The lowest BCUT2D eigenvalue weighted by atomic mass is 9.90. The van der Waals surface area contributed by atoms with Crippen LogP contribution in [0.4, 0.5) is 33.3 Å². The molecular weight excluding hydrogens is 592 g/mol. The summed E-state index contributed by atoms with van der Waals surface area (Å²) in [5.41, 5.74) is 1.56. The highest BCUT2D eigenvalue weighted by Gasteiger charge is 2.31. The van der Waals surface area contributed by atoms with Gasteiger partial charge >= 0.3 is 10.1 Å². The highest BCUT2D eigenvalue weighted by molar-refractivity contribution is 7.87. The second-order valence-electron chi connectivity index (χ2n) is 8.18. The molecule has 0 heterocycles. The number of aryl methyl sites for hydroxylation is 1. The molecule has 0 unspecified atom stereocenters. The van der Waals surface area contributed by atoms with Gasteiger partial charge in [0.25, 0.3) is 0 Å². The quantitative estimate of drug-likeness (QED) is 0.0505. The fourth-order valence-electron chi connectivity index (χ4n) is 3.32. The molecule has 0 saturated heterocycles. The Hall–Kier alpha value is -4.13. The molecule has 0 N–H and O–H groups in total. The summed E-state index contributed by atoms with van der Waals surface area (Å²) in [6.07, 6.45) is 7.36. The van der Waals surface area contributed by atoms with Crippen LogP contribution in [0.1, 0.15) is 45.7 Å². The maximum absolute atomic E-state index is 14.0. The molecule has 1 amide bonds. The number of hydrogen-bond donors (Lipinski definition) is 0. The summed E-state index contributed by atoms with van der Waals surface area (Å²) in [6.45, 7) is 11.3. The minimum Gasteiger partial charge on any atom is -0.495 e. The van der Waals surface area contributed by atoms with Crippen LogP contribution in [0.2, 0.25) is 0 Å². The van der Waals surface area contributed by atoms with Gasteiger partial charge in [-0.05, 0) is 63.6 Å². The molecule has 0 saturated carbocycles. The van der Waals surface area contributed by atoms with Crippen molar-refractivity contribution in [2.24, 2.45) is 0 Å². The van der Waals surface area contributed by atoms with Crippen molar-refractivity contribution >= 4 is 47.3 Å². The monoisotopic (exact) mass is 623 g/mol. The molecule has 0 aliphatic heterocycles. The van der Waals surface area contributed by atoms with Crippen LogP contribution in [0.25, 0.3) is 6.08 Å². The Labute approximate surface area is 250 Å². The lowest BCUT2D eigenvalue weighted by Gasteiger charge is -2.24. The lowest BCUT2D eigenvalue weighted by molar-refractivity contribution is -0.106. The van der Waals surface area contributed by atoms with E-state index in [0.717, 1.165) is 17.0 Å². The van der Waals surface area contributed by atoms with Crippen LogP contribution in [-0.2, 0) is 14.9 Å². The molecule has 3 rings (SSSR count). The van der Waals surface area contributed by atoms with Crippen LogP contribution in [0.5, 0.6) is 11.5 Å². The average Bonchev–Trinajstić information content (AvgIpc) is 3.01. The first kappa shape index (κ1) is 36.9. The minimum atomic E-state index is -5.10. The third-order valence-electron chi connectivity index (χ3n) is 5.52. The molecule has 0 aromatic heterocycles. The van der Waals surface area contributed by atoms with Gasteiger partial charge in [0, 0.05) is 0 Å². The fraction of sp³-hybridized carbons (Fsp3) is 0.233. The molecule has 3 aromatic carbocycles. The minimum absolute atomic E-state index is 0.119. The molecule has 0 bridgehead atoms. The highest BCUT2D eigenvalue weighted by Crippen LogP contribution is 2.37. The number of benzene rings is 3. The Morgan fingerprint density at radius 2 is 1.35 bits per heavy atom. The van der Waals surface area contributed by atoms with Gasteiger partial charge < -0.3 is 8.92 Å². The lowest BCUT2D eigenvalue weighted by Crippen LogP contribution is -2.19. The van der Waals surface area contributed by atoms with Crippen LogP contribution in [0.15, 0.2) is 53.5 Å². The van der Waals surface area contributed by atoms with Crippen molar-refractivity contribution in [1.29, 1.82) is 0 Å². The summed E-state index contributed by atoms with van der Waals surface area (Å²) >= 11 is 0. The van der Waals surface area contributed by atoms with Crippen molar-refractivity contribution < 1.29 is 44.1 Å². The van der Waals surface area contributed by atoms with Gasteiger partial charge in [-0.1, -0.05) is 49.2 Å². The molecule has 13 heteroatoms. The number of allylic oxidation sites excluding steroid dienone is 3. The molecule has 230 valence electrons. The second kappa shape index (κ2) is 16.5. The van der Waals surface area contributed by atoms with Crippen LogP contribution < -0.4 is 19.3 Å². The first-order valence-corrected chi connectivity index (χ1v) is 14.2. The third-order valence-corrected chi connectivity index (χ3v) is 6.74. The summed E-state index contributed by atoms with van der Waals surface area (Å²) < 4.78 is 103. The second-order valence-corrected chi connectivity index (χ2v) is 9.73. The Morgan fingerprint density at radius 3 is 1.81 bits per heavy atom. The van der Waals surface area contributed by atoms with E-state index < -0.39 is 49.8 Å². The molecule has 3 aromatic rings. The number of amides is 1.